The molecule has 0 saturated heterocycles. The first-order chi connectivity index (χ1) is 5.72. The Morgan fingerprint density at radius 3 is 2.75 bits per heavy atom. The minimum absolute atomic E-state index is 0.382. The first kappa shape index (κ1) is 11.2. The van der Waals surface area contributed by atoms with Crippen molar-refractivity contribution in [2.45, 2.75) is 32.8 Å². The van der Waals surface area contributed by atoms with Gasteiger partial charge in [0.2, 0.25) is 0 Å². The molecule has 3 heteroatoms. The molecule has 0 aliphatic heterocycles. The average Bonchev–Trinajstić information content (AvgIpc) is 2.03. The molecule has 70 valence electrons. The molecule has 0 amide bonds. The van der Waals surface area contributed by atoms with Crippen molar-refractivity contribution in [3.63, 3.8) is 0 Å². The highest BCUT2D eigenvalue weighted by molar-refractivity contribution is 5.72. The molecule has 0 aliphatic rings. The van der Waals surface area contributed by atoms with E-state index in [1.807, 2.05) is 19.9 Å². The molecule has 0 spiro atoms. The van der Waals surface area contributed by atoms with E-state index >= 15 is 0 Å². The second-order valence-corrected chi connectivity index (χ2v) is 2.52. The van der Waals surface area contributed by atoms with Crippen LogP contribution >= 0.6 is 0 Å². The number of carboxylic acid groups (broad SMARTS) is 1. The summed E-state index contributed by atoms with van der Waals surface area (Å²) in [4.78, 5) is 10.5. The monoisotopic (exact) mass is 172 g/mol. The first-order valence-corrected chi connectivity index (χ1v) is 4.18. The maximum absolute atomic E-state index is 10.5. The summed E-state index contributed by atoms with van der Waals surface area (Å²) < 4.78 is 5.10. The minimum Gasteiger partial charge on any atom is -0.479 e. The molecule has 0 aromatic carbocycles. The van der Waals surface area contributed by atoms with E-state index in [0.29, 0.717) is 13.0 Å². The van der Waals surface area contributed by atoms with E-state index in [0.717, 1.165) is 6.42 Å². The second kappa shape index (κ2) is 6.85. The average molecular weight is 172 g/mol. The van der Waals surface area contributed by atoms with E-state index in [2.05, 4.69) is 0 Å². The van der Waals surface area contributed by atoms with Crippen molar-refractivity contribution in [1.29, 1.82) is 0 Å². The molecular formula is C9H16O3. The fraction of sp³-hybridized carbons (Fsp3) is 0.667. The van der Waals surface area contributed by atoms with Crippen LogP contribution < -0.4 is 0 Å². The van der Waals surface area contributed by atoms with Gasteiger partial charge in [0.1, 0.15) is 0 Å². The quantitative estimate of drug-likeness (QED) is 0.622. The van der Waals surface area contributed by atoms with Gasteiger partial charge in [-0.2, -0.15) is 0 Å². The van der Waals surface area contributed by atoms with E-state index in [9.17, 15) is 4.79 Å². The molecule has 0 aromatic rings. The number of carboxylic acids is 1. The van der Waals surface area contributed by atoms with E-state index in [4.69, 9.17) is 9.84 Å². The van der Waals surface area contributed by atoms with Gasteiger partial charge in [-0.25, -0.2) is 4.79 Å². The van der Waals surface area contributed by atoms with Crippen molar-refractivity contribution in [2.75, 3.05) is 6.61 Å². The highest BCUT2D eigenvalue weighted by atomic mass is 16.5. The van der Waals surface area contributed by atoms with Crippen LogP contribution in [0.1, 0.15) is 26.7 Å². The number of ether oxygens (including phenoxy) is 1. The molecule has 3 nitrogen and oxygen atoms in total. The van der Waals surface area contributed by atoms with Gasteiger partial charge in [0.05, 0.1) is 6.61 Å². The largest absolute Gasteiger partial charge is 0.479 e. The van der Waals surface area contributed by atoms with Crippen LogP contribution in [0.15, 0.2) is 12.2 Å². The van der Waals surface area contributed by atoms with Crippen molar-refractivity contribution >= 4 is 5.97 Å². The van der Waals surface area contributed by atoms with Gasteiger partial charge in [0.25, 0.3) is 0 Å². The molecular weight excluding hydrogens is 156 g/mol. The van der Waals surface area contributed by atoms with Gasteiger partial charge in [0.15, 0.2) is 6.10 Å². The highest BCUT2D eigenvalue weighted by Gasteiger charge is 2.15. The summed E-state index contributed by atoms with van der Waals surface area (Å²) in [7, 11) is 0. The third-order valence-corrected chi connectivity index (χ3v) is 1.46. The molecule has 0 saturated carbocycles. The van der Waals surface area contributed by atoms with Crippen molar-refractivity contribution in [3.8, 4) is 0 Å². The predicted octanol–water partition coefficient (Wildman–Crippen LogP) is 1.83. The number of aliphatic carboxylic acids is 1. The summed E-state index contributed by atoms with van der Waals surface area (Å²) in [5, 5.41) is 8.65. The summed E-state index contributed by atoms with van der Waals surface area (Å²) in [5.41, 5.74) is 0. The molecule has 0 heterocycles. The van der Waals surface area contributed by atoms with Crippen LogP contribution in [-0.4, -0.2) is 23.8 Å². The smallest absolute Gasteiger partial charge is 0.332 e. The lowest BCUT2D eigenvalue weighted by Crippen LogP contribution is -2.23. The van der Waals surface area contributed by atoms with Gasteiger partial charge < -0.3 is 9.84 Å². The van der Waals surface area contributed by atoms with Crippen LogP contribution in [0, 0.1) is 0 Å². The summed E-state index contributed by atoms with van der Waals surface area (Å²) in [6, 6.07) is 0. The summed E-state index contributed by atoms with van der Waals surface area (Å²) in [6.45, 7) is 4.20. The third-order valence-electron chi connectivity index (χ3n) is 1.46. The lowest BCUT2D eigenvalue weighted by molar-refractivity contribution is -0.150. The summed E-state index contributed by atoms with van der Waals surface area (Å²) in [6.07, 6.45) is 4.39. The standard InChI is InChI=1S/C9H16O3/c1-3-5-7-12-8(6-4-2)9(10)11/h3,5,8H,4,6-7H2,1-2H3,(H,10,11). The van der Waals surface area contributed by atoms with E-state index in [1.165, 1.54) is 0 Å². The number of hydrogen-bond donors (Lipinski definition) is 1. The normalized spacial score (nSPS) is 13.5. The molecule has 0 bridgehead atoms. The maximum Gasteiger partial charge on any atom is 0.332 e. The molecule has 0 radical (unpaired) electrons. The molecule has 12 heavy (non-hydrogen) atoms. The van der Waals surface area contributed by atoms with Crippen LogP contribution in [0.4, 0.5) is 0 Å². The van der Waals surface area contributed by atoms with Crippen LogP contribution in [-0.2, 0) is 9.53 Å². The number of carbonyl (C=O) groups is 1. The number of hydrogen-bond acceptors (Lipinski definition) is 2. The highest BCUT2D eigenvalue weighted by Crippen LogP contribution is 2.02. The molecule has 0 fully saturated rings. The molecule has 0 rings (SSSR count). The second-order valence-electron chi connectivity index (χ2n) is 2.52. The van der Waals surface area contributed by atoms with E-state index < -0.39 is 12.1 Å². The molecule has 0 aliphatic carbocycles. The molecule has 1 N–H and O–H groups in total. The Bertz CT molecular complexity index is 152. The van der Waals surface area contributed by atoms with Crippen LogP contribution in [0.25, 0.3) is 0 Å². The fourth-order valence-electron chi connectivity index (χ4n) is 0.808. The maximum atomic E-state index is 10.5. The van der Waals surface area contributed by atoms with E-state index in [-0.39, 0.29) is 0 Å². The van der Waals surface area contributed by atoms with Crippen molar-refractivity contribution in [3.05, 3.63) is 12.2 Å². The zero-order chi connectivity index (χ0) is 9.40. The van der Waals surface area contributed by atoms with Gasteiger partial charge >= 0.3 is 5.97 Å². The SMILES string of the molecule is CC=CCOC(CCC)C(=O)O. The van der Waals surface area contributed by atoms with Crippen molar-refractivity contribution in [1.82, 2.24) is 0 Å². The lowest BCUT2D eigenvalue weighted by Gasteiger charge is -2.10. The summed E-state index contributed by atoms with van der Waals surface area (Å²) >= 11 is 0. The van der Waals surface area contributed by atoms with Gasteiger partial charge in [0, 0.05) is 0 Å². The van der Waals surface area contributed by atoms with Crippen LogP contribution in [0.2, 0.25) is 0 Å². The topological polar surface area (TPSA) is 46.5 Å². The minimum atomic E-state index is -0.874. The zero-order valence-electron chi connectivity index (χ0n) is 7.62. The van der Waals surface area contributed by atoms with Crippen LogP contribution in [0.3, 0.4) is 0 Å². The molecule has 1 atom stereocenters. The number of allylic oxidation sites excluding steroid dienone is 1. The third kappa shape index (κ3) is 4.91. The fourth-order valence-corrected chi connectivity index (χ4v) is 0.808. The Labute approximate surface area is 73.0 Å². The number of rotatable bonds is 6. The Morgan fingerprint density at radius 1 is 1.67 bits per heavy atom. The lowest BCUT2D eigenvalue weighted by atomic mass is 10.2. The first-order valence-electron chi connectivity index (χ1n) is 4.18. The predicted molar refractivity (Wildman–Crippen MR) is 47.1 cm³/mol. The van der Waals surface area contributed by atoms with Crippen molar-refractivity contribution in [2.24, 2.45) is 0 Å². The van der Waals surface area contributed by atoms with Crippen LogP contribution in [0.5, 0.6) is 0 Å². The van der Waals surface area contributed by atoms with Gasteiger partial charge in [-0.3, -0.25) is 0 Å². The Balaban J connectivity index is 3.71. The Morgan fingerprint density at radius 2 is 2.33 bits per heavy atom. The molecule has 0 aromatic heterocycles. The Hall–Kier alpha value is -0.830. The molecule has 1 unspecified atom stereocenters. The van der Waals surface area contributed by atoms with Crippen molar-refractivity contribution < 1.29 is 14.6 Å². The zero-order valence-corrected chi connectivity index (χ0v) is 7.62. The summed E-state index contributed by atoms with van der Waals surface area (Å²) in [5.74, 6) is -0.874. The van der Waals surface area contributed by atoms with Gasteiger partial charge in [-0.05, 0) is 13.3 Å². The van der Waals surface area contributed by atoms with E-state index in [1.54, 1.807) is 6.08 Å². The van der Waals surface area contributed by atoms with Gasteiger partial charge in [-0.1, -0.05) is 25.5 Å². The van der Waals surface area contributed by atoms with Gasteiger partial charge in [-0.15, -0.1) is 0 Å². The Kier molecular flexibility index (Phi) is 6.38.